The Morgan fingerprint density at radius 3 is 2.73 bits per heavy atom. The SMILES string of the molecule is COCCN1CCn2nc(Nc3cc(-c4ccnc(N5CCn6c(cc7c6CC(C)(C)C7)C5=O)c4CO)cn(C)c3=O)cc2C1. The molecule has 0 saturated heterocycles. The number of pyridine rings is 2. The second-order valence-corrected chi connectivity index (χ2v) is 13.1. The summed E-state index contributed by atoms with van der Waals surface area (Å²) < 4.78 is 10.9. The van der Waals surface area contributed by atoms with Gasteiger partial charge in [0.2, 0.25) is 0 Å². The van der Waals surface area contributed by atoms with Gasteiger partial charge in [-0.25, -0.2) is 4.98 Å². The van der Waals surface area contributed by atoms with E-state index in [0.29, 0.717) is 53.8 Å². The highest BCUT2D eigenvalue weighted by Crippen LogP contribution is 2.40. The van der Waals surface area contributed by atoms with Gasteiger partial charge in [-0.05, 0) is 47.6 Å². The fourth-order valence-corrected chi connectivity index (χ4v) is 7.13. The number of ether oxygens (including phenoxy) is 1. The summed E-state index contributed by atoms with van der Waals surface area (Å²) in [4.78, 5) is 35.6. The van der Waals surface area contributed by atoms with Gasteiger partial charge < -0.3 is 24.3 Å². The first-order valence-corrected chi connectivity index (χ1v) is 15.5. The molecule has 3 aliphatic rings. The minimum absolute atomic E-state index is 0.111. The molecule has 0 saturated carbocycles. The topological polar surface area (TPSA) is 123 Å². The van der Waals surface area contributed by atoms with Crippen molar-refractivity contribution in [2.75, 3.05) is 43.6 Å². The maximum atomic E-state index is 13.8. The first-order valence-electron chi connectivity index (χ1n) is 15.5. The fourth-order valence-electron chi connectivity index (χ4n) is 7.13. The average Bonchev–Trinajstić information content (AvgIpc) is 3.67. The largest absolute Gasteiger partial charge is 0.392 e. The van der Waals surface area contributed by atoms with E-state index in [-0.39, 0.29) is 23.5 Å². The van der Waals surface area contributed by atoms with Gasteiger partial charge in [0.25, 0.3) is 11.5 Å². The van der Waals surface area contributed by atoms with Crippen LogP contribution in [0.1, 0.15) is 46.9 Å². The van der Waals surface area contributed by atoms with Gasteiger partial charge in [0.1, 0.15) is 17.2 Å². The molecular formula is C33H40N8O4. The van der Waals surface area contributed by atoms with E-state index in [4.69, 9.17) is 9.84 Å². The maximum absolute atomic E-state index is 13.8. The van der Waals surface area contributed by atoms with Crippen molar-refractivity contribution in [2.45, 2.75) is 52.9 Å². The standard InChI is InChI=1S/C33H40N8O4/c1-33(2)16-21-14-27-32(44)40(9-8-39(27)28(21)17-33)30-25(20-42)24(5-6-34-30)22-13-26(31(43)37(3)18-22)35-29-15-23-19-38(11-12-45-4)7-10-41(23)36-29/h5-6,13-15,18,42H,7-12,16-17,19-20H2,1-4H3,(H,35,36). The van der Waals surface area contributed by atoms with E-state index >= 15 is 0 Å². The number of anilines is 3. The van der Waals surface area contributed by atoms with Crippen LogP contribution in [-0.2, 0) is 50.9 Å². The van der Waals surface area contributed by atoms with Gasteiger partial charge in [0.15, 0.2) is 5.82 Å². The number of aryl methyl sites for hydroxylation is 1. The number of aromatic nitrogens is 5. The van der Waals surface area contributed by atoms with Crippen LogP contribution in [0.15, 0.2) is 41.5 Å². The molecule has 4 aromatic rings. The highest BCUT2D eigenvalue weighted by molar-refractivity contribution is 6.06. The highest BCUT2D eigenvalue weighted by Gasteiger charge is 2.37. The van der Waals surface area contributed by atoms with Gasteiger partial charge in [0, 0.05) is 82.2 Å². The van der Waals surface area contributed by atoms with E-state index in [1.807, 2.05) is 22.9 Å². The van der Waals surface area contributed by atoms with Gasteiger partial charge >= 0.3 is 0 Å². The van der Waals surface area contributed by atoms with E-state index in [1.165, 1.54) is 15.8 Å². The average molecular weight is 613 g/mol. The van der Waals surface area contributed by atoms with Crippen LogP contribution in [-0.4, -0.2) is 73.2 Å². The number of carbonyl (C=O) groups excluding carboxylic acids is 1. The minimum Gasteiger partial charge on any atom is -0.392 e. The Hall–Kier alpha value is -4.26. The summed E-state index contributed by atoms with van der Waals surface area (Å²) in [5.74, 6) is 0.930. The molecule has 0 spiro atoms. The Labute approximate surface area is 261 Å². The molecule has 12 heteroatoms. The van der Waals surface area contributed by atoms with Gasteiger partial charge in [-0.2, -0.15) is 5.10 Å². The first kappa shape index (κ1) is 29.5. The fraction of sp³-hybridized carbons (Fsp3) is 0.455. The van der Waals surface area contributed by atoms with Gasteiger partial charge in [-0.1, -0.05) is 13.8 Å². The molecule has 45 heavy (non-hydrogen) atoms. The lowest BCUT2D eigenvalue weighted by atomic mass is 9.90. The Bertz CT molecular complexity index is 1850. The predicted octanol–water partition coefficient (Wildman–Crippen LogP) is 2.93. The summed E-state index contributed by atoms with van der Waals surface area (Å²) in [6.07, 6.45) is 5.32. The molecule has 4 aromatic heterocycles. The zero-order valence-corrected chi connectivity index (χ0v) is 26.3. The van der Waals surface area contributed by atoms with Crippen molar-refractivity contribution in [1.82, 2.24) is 28.8 Å². The summed E-state index contributed by atoms with van der Waals surface area (Å²) in [7, 11) is 3.41. The normalized spacial score (nSPS) is 17.4. The van der Waals surface area contributed by atoms with Crippen LogP contribution in [0.25, 0.3) is 11.1 Å². The number of nitrogens with zero attached hydrogens (tertiary/aromatic N) is 7. The van der Waals surface area contributed by atoms with Crippen molar-refractivity contribution in [1.29, 1.82) is 0 Å². The molecule has 2 aliphatic heterocycles. The van der Waals surface area contributed by atoms with Crippen LogP contribution in [0.5, 0.6) is 0 Å². The first-order chi connectivity index (χ1) is 21.7. The number of hydrogen-bond acceptors (Lipinski definition) is 8. The molecule has 12 nitrogen and oxygen atoms in total. The molecule has 1 aliphatic carbocycles. The lowest BCUT2D eigenvalue weighted by Gasteiger charge is -2.31. The van der Waals surface area contributed by atoms with Crippen molar-refractivity contribution < 1.29 is 14.6 Å². The van der Waals surface area contributed by atoms with Crippen LogP contribution in [0.4, 0.5) is 17.3 Å². The number of hydrogen-bond donors (Lipinski definition) is 2. The Morgan fingerprint density at radius 2 is 1.93 bits per heavy atom. The zero-order valence-electron chi connectivity index (χ0n) is 26.3. The highest BCUT2D eigenvalue weighted by atomic mass is 16.5. The second kappa shape index (κ2) is 11.3. The molecule has 7 rings (SSSR count). The Kier molecular flexibility index (Phi) is 7.38. The number of amides is 1. The monoisotopic (exact) mass is 612 g/mol. The maximum Gasteiger partial charge on any atom is 0.276 e. The molecular weight excluding hydrogens is 572 g/mol. The van der Waals surface area contributed by atoms with Gasteiger partial charge in [-0.3, -0.25) is 24.1 Å². The van der Waals surface area contributed by atoms with E-state index in [2.05, 4.69) is 33.6 Å². The summed E-state index contributed by atoms with van der Waals surface area (Å²) in [5.41, 5.74) is 6.60. The molecule has 0 fully saturated rings. The van der Waals surface area contributed by atoms with Crippen molar-refractivity contribution in [3.05, 3.63) is 75.2 Å². The lowest BCUT2D eigenvalue weighted by Crippen LogP contribution is -2.41. The number of rotatable bonds is 8. The summed E-state index contributed by atoms with van der Waals surface area (Å²) in [5, 5.41) is 18.6. The number of carbonyl (C=O) groups is 1. The van der Waals surface area contributed by atoms with E-state index in [0.717, 1.165) is 50.3 Å². The third kappa shape index (κ3) is 5.26. The van der Waals surface area contributed by atoms with Crippen molar-refractivity contribution in [3.8, 4) is 11.1 Å². The second-order valence-electron chi connectivity index (χ2n) is 13.1. The Balaban J connectivity index is 1.18. The molecule has 2 N–H and O–H groups in total. The molecule has 0 unspecified atom stereocenters. The zero-order chi connectivity index (χ0) is 31.5. The van der Waals surface area contributed by atoms with Gasteiger partial charge in [-0.15, -0.1) is 0 Å². The van der Waals surface area contributed by atoms with E-state index in [9.17, 15) is 14.7 Å². The molecule has 0 atom stereocenters. The van der Waals surface area contributed by atoms with Crippen LogP contribution < -0.4 is 15.8 Å². The number of fused-ring (bicyclic) bond motifs is 4. The summed E-state index contributed by atoms with van der Waals surface area (Å²) in [6.45, 7) is 9.29. The Morgan fingerprint density at radius 1 is 1.09 bits per heavy atom. The van der Waals surface area contributed by atoms with Crippen molar-refractivity contribution in [3.63, 3.8) is 0 Å². The van der Waals surface area contributed by atoms with Gasteiger partial charge in [0.05, 0.1) is 25.5 Å². The summed E-state index contributed by atoms with van der Waals surface area (Å²) in [6, 6.07) is 7.61. The molecule has 6 heterocycles. The predicted molar refractivity (Wildman–Crippen MR) is 171 cm³/mol. The van der Waals surface area contributed by atoms with Crippen molar-refractivity contribution in [2.24, 2.45) is 12.5 Å². The number of methoxy groups -OCH3 is 1. The van der Waals surface area contributed by atoms with Crippen LogP contribution in [0.2, 0.25) is 0 Å². The van der Waals surface area contributed by atoms with Crippen LogP contribution in [0.3, 0.4) is 0 Å². The molecule has 0 radical (unpaired) electrons. The number of aliphatic hydroxyl groups excluding tert-OH is 1. The quantitative estimate of drug-likeness (QED) is 0.312. The number of aliphatic hydroxyl groups is 1. The molecule has 236 valence electrons. The lowest BCUT2D eigenvalue weighted by molar-refractivity contribution is 0.0962. The molecule has 1 amide bonds. The van der Waals surface area contributed by atoms with Crippen LogP contribution in [0, 0.1) is 5.41 Å². The molecule has 0 aromatic carbocycles. The smallest absolute Gasteiger partial charge is 0.276 e. The molecule has 0 bridgehead atoms. The van der Waals surface area contributed by atoms with Crippen molar-refractivity contribution >= 4 is 23.2 Å². The summed E-state index contributed by atoms with van der Waals surface area (Å²) >= 11 is 0. The van der Waals surface area contributed by atoms with E-state index < -0.39 is 0 Å². The van der Waals surface area contributed by atoms with E-state index in [1.54, 1.807) is 37.5 Å². The third-order valence-corrected chi connectivity index (χ3v) is 9.32. The number of nitrogens with one attached hydrogen (secondary N) is 1. The third-order valence-electron chi connectivity index (χ3n) is 9.32. The van der Waals surface area contributed by atoms with Crippen LogP contribution >= 0.6 is 0 Å². The minimum atomic E-state index is -0.313.